The Kier molecular flexibility index (Phi) is 4.58. The van der Waals surface area contributed by atoms with Gasteiger partial charge in [0.2, 0.25) is 0 Å². The van der Waals surface area contributed by atoms with Crippen molar-refractivity contribution in [3.8, 4) is 0 Å². The summed E-state index contributed by atoms with van der Waals surface area (Å²) in [5.41, 5.74) is 1.22. The molecular formula is C14H16BrNO2. The van der Waals surface area contributed by atoms with Crippen molar-refractivity contribution in [2.75, 3.05) is 0 Å². The van der Waals surface area contributed by atoms with Crippen LogP contribution >= 0.6 is 15.9 Å². The fourth-order valence-corrected chi connectivity index (χ4v) is 2.17. The lowest BCUT2D eigenvalue weighted by atomic mass is 10.1. The summed E-state index contributed by atoms with van der Waals surface area (Å²) in [5, 5.41) is 12.3. The maximum Gasteiger partial charge on any atom is 0.129 e. The van der Waals surface area contributed by atoms with Gasteiger partial charge in [-0.3, -0.25) is 0 Å². The lowest BCUT2D eigenvalue weighted by molar-refractivity contribution is 0.242. The van der Waals surface area contributed by atoms with Gasteiger partial charge in [-0.2, -0.15) is 0 Å². The smallest absolute Gasteiger partial charge is 0.129 e. The highest BCUT2D eigenvalue weighted by molar-refractivity contribution is 9.10. The second kappa shape index (κ2) is 6.18. The van der Waals surface area contributed by atoms with Crippen molar-refractivity contribution in [2.45, 2.75) is 26.1 Å². The quantitative estimate of drug-likeness (QED) is 0.890. The van der Waals surface area contributed by atoms with E-state index in [1.807, 2.05) is 18.2 Å². The first-order valence-electron chi connectivity index (χ1n) is 5.86. The van der Waals surface area contributed by atoms with Crippen molar-refractivity contribution in [2.24, 2.45) is 0 Å². The zero-order valence-corrected chi connectivity index (χ0v) is 11.8. The van der Waals surface area contributed by atoms with Crippen molar-refractivity contribution in [1.29, 1.82) is 0 Å². The molecule has 0 fully saturated rings. The number of hydrogen-bond acceptors (Lipinski definition) is 3. The molecule has 0 aliphatic rings. The predicted molar refractivity (Wildman–Crippen MR) is 74.0 cm³/mol. The first kappa shape index (κ1) is 13.3. The fraction of sp³-hybridized carbons (Fsp3) is 0.286. The van der Waals surface area contributed by atoms with Gasteiger partial charge in [-0.25, -0.2) is 0 Å². The second-order valence-electron chi connectivity index (χ2n) is 4.18. The third kappa shape index (κ3) is 3.45. The van der Waals surface area contributed by atoms with E-state index in [0.29, 0.717) is 12.3 Å². The molecule has 0 saturated carbocycles. The van der Waals surface area contributed by atoms with Crippen molar-refractivity contribution in [3.05, 3.63) is 58.0 Å². The molecular weight excluding hydrogens is 294 g/mol. The van der Waals surface area contributed by atoms with E-state index >= 15 is 0 Å². The summed E-state index contributed by atoms with van der Waals surface area (Å²) in [4.78, 5) is 0. The van der Waals surface area contributed by atoms with Gasteiger partial charge in [-0.1, -0.05) is 28.1 Å². The molecule has 4 heteroatoms. The van der Waals surface area contributed by atoms with Crippen LogP contribution in [0.4, 0.5) is 0 Å². The normalized spacial score (nSPS) is 12.6. The SMILES string of the molecule is C[C@@H](NCc1ccc(CO)o1)c1cccc(Br)c1. The van der Waals surface area contributed by atoms with Crippen LogP contribution in [0.3, 0.4) is 0 Å². The van der Waals surface area contributed by atoms with Gasteiger partial charge in [0, 0.05) is 10.5 Å². The molecule has 2 rings (SSSR count). The van der Waals surface area contributed by atoms with Gasteiger partial charge in [0.15, 0.2) is 0 Å². The van der Waals surface area contributed by atoms with Gasteiger partial charge in [0.05, 0.1) is 6.54 Å². The van der Waals surface area contributed by atoms with E-state index in [-0.39, 0.29) is 12.6 Å². The molecule has 18 heavy (non-hydrogen) atoms. The molecule has 0 aliphatic heterocycles. The third-order valence-electron chi connectivity index (χ3n) is 2.80. The minimum absolute atomic E-state index is 0.0544. The Morgan fingerprint density at radius 2 is 2.06 bits per heavy atom. The maximum atomic E-state index is 8.92. The first-order valence-corrected chi connectivity index (χ1v) is 6.65. The van der Waals surface area contributed by atoms with E-state index in [4.69, 9.17) is 9.52 Å². The van der Waals surface area contributed by atoms with Crippen LogP contribution < -0.4 is 5.32 Å². The molecule has 2 aromatic rings. The van der Waals surface area contributed by atoms with Gasteiger partial charge in [0.25, 0.3) is 0 Å². The molecule has 0 saturated heterocycles. The predicted octanol–water partition coefficient (Wildman–Crippen LogP) is 3.39. The standard InChI is InChI=1S/C14H16BrNO2/c1-10(11-3-2-4-12(15)7-11)16-8-13-5-6-14(9-17)18-13/h2-7,10,16-17H,8-9H2,1H3/t10-/m1/s1. The van der Waals surface area contributed by atoms with Gasteiger partial charge < -0.3 is 14.8 Å². The number of benzene rings is 1. The van der Waals surface area contributed by atoms with Crippen LogP contribution in [0.2, 0.25) is 0 Å². The van der Waals surface area contributed by atoms with Gasteiger partial charge in [-0.15, -0.1) is 0 Å². The minimum atomic E-state index is -0.0544. The molecule has 96 valence electrons. The molecule has 1 aromatic carbocycles. The Balaban J connectivity index is 1.93. The fourth-order valence-electron chi connectivity index (χ4n) is 1.75. The molecule has 1 atom stereocenters. The minimum Gasteiger partial charge on any atom is -0.462 e. The molecule has 0 aliphatic carbocycles. The monoisotopic (exact) mass is 309 g/mol. The van der Waals surface area contributed by atoms with E-state index in [9.17, 15) is 0 Å². The number of rotatable bonds is 5. The highest BCUT2D eigenvalue weighted by atomic mass is 79.9. The van der Waals surface area contributed by atoms with Crippen molar-refractivity contribution >= 4 is 15.9 Å². The van der Waals surface area contributed by atoms with Crippen molar-refractivity contribution in [3.63, 3.8) is 0 Å². The van der Waals surface area contributed by atoms with Crippen LogP contribution in [-0.4, -0.2) is 5.11 Å². The molecule has 0 amide bonds. The molecule has 1 heterocycles. The average molecular weight is 310 g/mol. The van der Waals surface area contributed by atoms with Crippen LogP contribution in [0.15, 0.2) is 45.3 Å². The average Bonchev–Trinajstić information content (AvgIpc) is 2.84. The van der Waals surface area contributed by atoms with E-state index in [0.717, 1.165) is 10.2 Å². The number of hydrogen-bond donors (Lipinski definition) is 2. The molecule has 0 radical (unpaired) electrons. The third-order valence-corrected chi connectivity index (χ3v) is 3.30. The summed E-state index contributed by atoms with van der Waals surface area (Å²) < 4.78 is 6.50. The number of halogens is 1. The van der Waals surface area contributed by atoms with Crippen LogP contribution in [0.1, 0.15) is 30.0 Å². The lowest BCUT2D eigenvalue weighted by Crippen LogP contribution is -2.17. The summed E-state index contributed by atoms with van der Waals surface area (Å²) in [6, 6.07) is 12.1. The summed E-state index contributed by atoms with van der Waals surface area (Å²) >= 11 is 3.47. The largest absolute Gasteiger partial charge is 0.462 e. The van der Waals surface area contributed by atoms with E-state index in [1.54, 1.807) is 6.07 Å². The van der Waals surface area contributed by atoms with Crippen LogP contribution in [0, 0.1) is 0 Å². The van der Waals surface area contributed by atoms with E-state index < -0.39 is 0 Å². The molecule has 0 spiro atoms. The summed E-state index contributed by atoms with van der Waals surface area (Å²) in [7, 11) is 0. The van der Waals surface area contributed by atoms with Crippen LogP contribution in [0.5, 0.6) is 0 Å². The van der Waals surface area contributed by atoms with E-state index in [2.05, 4.69) is 40.3 Å². The lowest BCUT2D eigenvalue weighted by Gasteiger charge is -2.13. The van der Waals surface area contributed by atoms with Crippen LogP contribution in [-0.2, 0) is 13.2 Å². The Morgan fingerprint density at radius 1 is 1.28 bits per heavy atom. The summed E-state index contributed by atoms with van der Waals surface area (Å²) in [6.45, 7) is 2.70. The summed E-state index contributed by atoms with van der Waals surface area (Å²) in [5.74, 6) is 1.43. The number of aliphatic hydroxyl groups is 1. The van der Waals surface area contributed by atoms with Gasteiger partial charge in [-0.05, 0) is 36.8 Å². The Bertz CT molecular complexity index is 510. The summed E-state index contributed by atoms with van der Waals surface area (Å²) in [6.07, 6.45) is 0. The number of aliphatic hydroxyl groups excluding tert-OH is 1. The van der Waals surface area contributed by atoms with E-state index in [1.165, 1.54) is 5.56 Å². The van der Waals surface area contributed by atoms with Crippen molar-refractivity contribution in [1.82, 2.24) is 5.32 Å². The second-order valence-corrected chi connectivity index (χ2v) is 5.10. The first-order chi connectivity index (χ1) is 8.69. The highest BCUT2D eigenvalue weighted by Gasteiger charge is 2.07. The zero-order valence-electron chi connectivity index (χ0n) is 10.2. The topological polar surface area (TPSA) is 45.4 Å². The molecule has 2 N–H and O–H groups in total. The van der Waals surface area contributed by atoms with Gasteiger partial charge in [0.1, 0.15) is 18.1 Å². The maximum absolute atomic E-state index is 8.92. The van der Waals surface area contributed by atoms with Gasteiger partial charge >= 0.3 is 0 Å². The Labute approximate surface area is 115 Å². The van der Waals surface area contributed by atoms with Crippen molar-refractivity contribution < 1.29 is 9.52 Å². The molecule has 3 nitrogen and oxygen atoms in total. The number of furan rings is 1. The van der Waals surface area contributed by atoms with Crippen LogP contribution in [0.25, 0.3) is 0 Å². The molecule has 1 aromatic heterocycles. The Hall–Kier alpha value is -1.10. The highest BCUT2D eigenvalue weighted by Crippen LogP contribution is 2.18. The molecule has 0 bridgehead atoms. The molecule has 0 unspecified atom stereocenters. The number of nitrogens with one attached hydrogen (secondary N) is 1. The zero-order chi connectivity index (χ0) is 13.0. The Morgan fingerprint density at radius 3 is 2.72 bits per heavy atom.